The van der Waals surface area contributed by atoms with Crippen LogP contribution in [0.3, 0.4) is 0 Å². The number of hydrogen-bond donors (Lipinski definition) is 4. The maximum atomic E-state index is 12.6. The topological polar surface area (TPSA) is 89.8 Å². The zero-order valence-corrected chi connectivity index (χ0v) is 48.1. The van der Waals surface area contributed by atoms with E-state index in [1.807, 2.05) is 6.08 Å². The maximum absolute atomic E-state index is 12.6. The molecule has 0 fully saturated rings. The van der Waals surface area contributed by atoms with Crippen molar-refractivity contribution in [2.45, 2.75) is 372 Å². The molecule has 0 aliphatic carbocycles. The number of rotatable bonds is 60. The molecule has 5 nitrogen and oxygen atoms in total. The van der Waals surface area contributed by atoms with Crippen LogP contribution in [0.1, 0.15) is 354 Å². The number of amides is 1. The Labute approximate surface area is 444 Å². The summed E-state index contributed by atoms with van der Waals surface area (Å²) >= 11 is 0. The van der Waals surface area contributed by atoms with E-state index in [0.29, 0.717) is 6.42 Å². The fourth-order valence-corrected chi connectivity index (χ4v) is 10.2. The zero-order chi connectivity index (χ0) is 51.4. The molecule has 3 atom stereocenters. The van der Waals surface area contributed by atoms with Gasteiger partial charge in [0.2, 0.25) is 5.91 Å². The Kier molecular flexibility index (Phi) is 59.9. The van der Waals surface area contributed by atoms with Crippen LogP contribution in [0.25, 0.3) is 0 Å². The van der Waals surface area contributed by atoms with Gasteiger partial charge in [0.15, 0.2) is 0 Å². The lowest BCUT2D eigenvalue weighted by Crippen LogP contribution is -2.48. The van der Waals surface area contributed by atoms with E-state index < -0.39 is 24.2 Å². The minimum absolute atomic E-state index is 0.379. The van der Waals surface area contributed by atoms with Crippen molar-refractivity contribution in [1.29, 1.82) is 0 Å². The quantitative estimate of drug-likeness (QED) is 0.0361. The summed E-state index contributed by atoms with van der Waals surface area (Å²) in [5, 5.41) is 33.4. The number of hydrogen-bond acceptors (Lipinski definition) is 4. The van der Waals surface area contributed by atoms with Crippen LogP contribution in [-0.4, -0.2) is 46.1 Å². The van der Waals surface area contributed by atoms with Gasteiger partial charge in [0, 0.05) is 0 Å². The van der Waals surface area contributed by atoms with E-state index in [4.69, 9.17) is 0 Å². The van der Waals surface area contributed by atoms with Gasteiger partial charge in [-0.2, -0.15) is 0 Å². The molecule has 0 aromatic carbocycles. The molecule has 4 N–H and O–H groups in total. The Balaban J connectivity index is 3.48. The molecular weight excluding hydrogens is 871 g/mol. The Hall–Kier alpha value is -1.43. The monoisotopic (exact) mass is 998 g/mol. The summed E-state index contributed by atoms with van der Waals surface area (Å²) in [6, 6.07) is -0.820. The van der Waals surface area contributed by atoms with Crippen LogP contribution in [0.4, 0.5) is 0 Å². The van der Waals surface area contributed by atoms with Crippen LogP contribution >= 0.6 is 0 Å². The molecule has 0 aromatic rings. The lowest BCUT2D eigenvalue weighted by atomic mass is 10.0. The van der Waals surface area contributed by atoms with E-state index in [9.17, 15) is 20.1 Å². The van der Waals surface area contributed by atoms with Crippen molar-refractivity contribution in [3.05, 3.63) is 36.5 Å². The lowest BCUT2D eigenvalue weighted by Gasteiger charge is -2.21. The molecule has 0 spiro atoms. The summed E-state index contributed by atoms with van der Waals surface area (Å²) in [5.41, 5.74) is 0. The van der Waals surface area contributed by atoms with Gasteiger partial charge in [-0.3, -0.25) is 4.79 Å². The molecule has 0 saturated carbocycles. The molecule has 3 unspecified atom stereocenters. The van der Waals surface area contributed by atoms with Gasteiger partial charge in [-0.1, -0.05) is 346 Å². The number of aliphatic hydroxyl groups is 3. The van der Waals surface area contributed by atoms with Crippen LogP contribution in [0, 0.1) is 0 Å². The summed E-state index contributed by atoms with van der Waals surface area (Å²) in [6.07, 6.45) is 81.4. The molecule has 0 bridgehead atoms. The number of aliphatic hydroxyl groups excluding tert-OH is 3. The number of unbranched alkanes of at least 4 members (excludes halogenated alkanes) is 48. The highest BCUT2D eigenvalue weighted by atomic mass is 16.3. The average Bonchev–Trinajstić information content (AvgIpc) is 3.38. The lowest BCUT2D eigenvalue weighted by molar-refractivity contribution is -0.131. The summed E-state index contributed by atoms with van der Waals surface area (Å²) in [5.74, 6) is -0.511. The van der Waals surface area contributed by atoms with E-state index >= 15 is 0 Å². The Bertz CT molecular complexity index is 1100. The van der Waals surface area contributed by atoms with Crippen LogP contribution in [0.5, 0.6) is 0 Å². The molecular formula is C66H127NO4. The molecule has 0 saturated heterocycles. The highest BCUT2D eigenvalue weighted by molar-refractivity contribution is 5.80. The molecule has 0 aliphatic heterocycles. The number of carbonyl (C=O) groups excluding carboxylic acids is 1. The second-order valence-corrected chi connectivity index (χ2v) is 22.3. The van der Waals surface area contributed by atoms with Crippen molar-refractivity contribution >= 4 is 5.91 Å². The summed E-state index contributed by atoms with van der Waals surface area (Å²) in [7, 11) is 0. The fraction of sp³-hybridized carbons (Fsp3) is 0.894. The predicted octanol–water partition coefficient (Wildman–Crippen LogP) is 20.6. The molecule has 0 radical (unpaired) electrons. The van der Waals surface area contributed by atoms with Crippen LogP contribution in [0.15, 0.2) is 36.5 Å². The van der Waals surface area contributed by atoms with Crippen molar-refractivity contribution in [3.63, 3.8) is 0 Å². The van der Waals surface area contributed by atoms with Gasteiger partial charge < -0.3 is 20.6 Å². The Morgan fingerprint density at radius 3 is 0.859 bits per heavy atom. The number of carbonyl (C=O) groups is 1. The SMILES string of the molecule is CCCCCCCCCCC/C=C/CC/C=C/CC/C=C/C(O)C(CO)NC(=O)C(O)CCCCCCCCCCCCCCCCCCCCCCCCCCCCCCCCCCCCCCCC. The highest BCUT2D eigenvalue weighted by Gasteiger charge is 2.22. The fourth-order valence-electron chi connectivity index (χ4n) is 10.2. The van der Waals surface area contributed by atoms with Gasteiger partial charge >= 0.3 is 0 Å². The van der Waals surface area contributed by atoms with E-state index in [1.54, 1.807) is 6.08 Å². The van der Waals surface area contributed by atoms with Crippen molar-refractivity contribution in [2.75, 3.05) is 6.61 Å². The Morgan fingerprint density at radius 1 is 0.338 bits per heavy atom. The summed E-state index contributed by atoms with van der Waals surface area (Å²) in [6.45, 7) is 4.20. The minimum atomic E-state index is -1.11. The second kappa shape index (κ2) is 61.1. The third-order valence-electron chi connectivity index (χ3n) is 15.2. The molecule has 0 aromatic heterocycles. The first kappa shape index (κ1) is 69.6. The van der Waals surface area contributed by atoms with Crippen LogP contribution in [-0.2, 0) is 4.79 Å². The summed E-state index contributed by atoms with van der Waals surface area (Å²) < 4.78 is 0. The van der Waals surface area contributed by atoms with E-state index in [-0.39, 0.29) is 6.61 Å². The largest absolute Gasteiger partial charge is 0.394 e. The van der Waals surface area contributed by atoms with Gasteiger partial charge in [-0.25, -0.2) is 0 Å². The molecule has 0 heterocycles. The van der Waals surface area contributed by atoms with Gasteiger partial charge in [0.1, 0.15) is 6.10 Å². The molecule has 420 valence electrons. The van der Waals surface area contributed by atoms with Gasteiger partial charge in [0.05, 0.1) is 18.8 Å². The normalized spacial score (nSPS) is 13.4. The average molecular weight is 999 g/mol. The molecule has 0 aliphatic rings. The standard InChI is InChI=1S/C66H127NO4/c1-3-5-7-9-11-13-15-17-19-21-23-24-25-26-27-28-29-30-31-32-33-34-35-36-37-38-39-40-41-43-45-47-49-51-53-55-57-59-61-65(70)66(71)67-63(62-68)64(69)60-58-56-54-52-50-48-46-44-42-22-20-18-16-14-12-10-8-6-4-2/h42,44,50,52,58,60,63-65,68-70H,3-41,43,45-49,51,53-57,59,61-62H2,1-2H3,(H,67,71)/b44-42+,52-50+,60-58+. The zero-order valence-electron chi connectivity index (χ0n) is 48.1. The third kappa shape index (κ3) is 56.1. The van der Waals surface area contributed by atoms with Gasteiger partial charge in [-0.05, 0) is 44.9 Å². The van der Waals surface area contributed by atoms with Crippen molar-refractivity contribution in [1.82, 2.24) is 5.32 Å². The van der Waals surface area contributed by atoms with E-state index in [0.717, 1.165) is 44.9 Å². The molecule has 0 rings (SSSR count). The van der Waals surface area contributed by atoms with Crippen molar-refractivity contribution in [3.8, 4) is 0 Å². The van der Waals surface area contributed by atoms with Crippen molar-refractivity contribution < 1.29 is 20.1 Å². The first-order chi connectivity index (χ1) is 35.1. The second-order valence-electron chi connectivity index (χ2n) is 22.3. The predicted molar refractivity (Wildman–Crippen MR) is 314 cm³/mol. The van der Waals surface area contributed by atoms with Crippen LogP contribution < -0.4 is 5.32 Å². The maximum Gasteiger partial charge on any atom is 0.249 e. The number of allylic oxidation sites excluding steroid dienone is 5. The first-order valence-corrected chi connectivity index (χ1v) is 32.3. The molecule has 5 heteroatoms. The van der Waals surface area contributed by atoms with Crippen LogP contribution in [0.2, 0.25) is 0 Å². The highest BCUT2D eigenvalue weighted by Crippen LogP contribution is 2.19. The van der Waals surface area contributed by atoms with Gasteiger partial charge in [-0.15, -0.1) is 0 Å². The van der Waals surface area contributed by atoms with E-state index in [2.05, 4.69) is 43.5 Å². The Morgan fingerprint density at radius 2 is 0.577 bits per heavy atom. The smallest absolute Gasteiger partial charge is 0.249 e. The van der Waals surface area contributed by atoms with E-state index in [1.165, 1.54) is 289 Å². The summed E-state index contributed by atoms with van der Waals surface area (Å²) in [4.78, 5) is 12.6. The van der Waals surface area contributed by atoms with Crippen molar-refractivity contribution in [2.24, 2.45) is 0 Å². The first-order valence-electron chi connectivity index (χ1n) is 32.3. The molecule has 1 amide bonds. The minimum Gasteiger partial charge on any atom is -0.394 e. The molecule has 71 heavy (non-hydrogen) atoms. The van der Waals surface area contributed by atoms with Gasteiger partial charge in [0.25, 0.3) is 0 Å². The number of nitrogens with one attached hydrogen (secondary N) is 1. The third-order valence-corrected chi connectivity index (χ3v) is 15.2.